The molecule has 0 spiro atoms. The summed E-state index contributed by atoms with van der Waals surface area (Å²) < 4.78 is 10.6. The molecular formula is C12H13NO2. The fourth-order valence-corrected chi connectivity index (χ4v) is 1.35. The van der Waals surface area contributed by atoms with Crippen LogP contribution in [0.4, 0.5) is 0 Å². The Morgan fingerprint density at radius 3 is 2.87 bits per heavy atom. The van der Waals surface area contributed by atoms with Gasteiger partial charge in [0.15, 0.2) is 5.76 Å². The maximum absolute atomic E-state index is 5.63. The quantitative estimate of drug-likeness (QED) is 0.769. The predicted octanol–water partition coefficient (Wildman–Crippen LogP) is 2.87. The zero-order valence-electron chi connectivity index (χ0n) is 8.86. The molecule has 3 nitrogen and oxygen atoms in total. The number of aryl methyl sites for hydroxylation is 1. The van der Waals surface area contributed by atoms with Crippen LogP contribution in [0.2, 0.25) is 0 Å². The van der Waals surface area contributed by atoms with Gasteiger partial charge in [-0.25, -0.2) is 0 Å². The number of hydrogen-bond donors (Lipinski definition) is 0. The molecule has 0 amide bonds. The van der Waals surface area contributed by atoms with Gasteiger partial charge < -0.3 is 9.26 Å². The van der Waals surface area contributed by atoms with Crippen LogP contribution in [0.25, 0.3) is 0 Å². The van der Waals surface area contributed by atoms with Gasteiger partial charge >= 0.3 is 0 Å². The molecule has 2 aromatic rings. The van der Waals surface area contributed by atoms with Crippen LogP contribution in [0.5, 0.6) is 5.75 Å². The molecule has 3 heteroatoms. The first-order valence-corrected chi connectivity index (χ1v) is 4.86. The van der Waals surface area contributed by atoms with E-state index in [1.165, 1.54) is 5.56 Å². The van der Waals surface area contributed by atoms with Gasteiger partial charge in [-0.1, -0.05) is 17.3 Å². The third-order valence-electron chi connectivity index (χ3n) is 2.42. The summed E-state index contributed by atoms with van der Waals surface area (Å²) >= 11 is 0. The molecular weight excluding hydrogens is 190 g/mol. The Kier molecular flexibility index (Phi) is 2.72. The van der Waals surface area contributed by atoms with E-state index in [0.717, 1.165) is 17.1 Å². The summed E-state index contributed by atoms with van der Waals surface area (Å²) in [5.41, 5.74) is 2.39. The van der Waals surface area contributed by atoms with E-state index < -0.39 is 0 Å². The van der Waals surface area contributed by atoms with Crippen LogP contribution in [0.1, 0.15) is 16.9 Å². The highest BCUT2D eigenvalue weighted by molar-refractivity contribution is 5.38. The van der Waals surface area contributed by atoms with Crippen LogP contribution in [0.3, 0.4) is 0 Å². The molecule has 1 heterocycles. The normalized spacial score (nSPS) is 10.3. The fraction of sp³-hybridized carbons (Fsp3) is 0.250. The molecule has 2 rings (SSSR count). The SMILES string of the molecule is Cc1cccc(OCc2ccno2)c1C. The number of aromatic nitrogens is 1. The van der Waals surface area contributed by atoms with Crippen LogP contribution >= 0.6 is 0 Å². The highest BCUT2D eigenvalue weighted by atomic mass is 16.5. The Morgan fingerprint density at radius 2 is 2.13 bits per heavy atom. The van der Waals surface area contributed by atoms with Crippen LogP contribution in [-0.4, -0.2) is 5.16 Å². The van der Waals surface area contributed by atoms with Gasteiger partial charge in [-0.3, -0.25) is 0 Å². The first-order chi connectivity index (χ1) is 7.27. The van der Waals surface area contributed by atoms with E-state index in [9.17, 15) is 0 Å². The van der Waals surface area contributed by atoms with Crippen molar-refractivity contribution in [3.63, 3.8) is 0 Å². The van der Waals surface area contributed by atoms with Crippen molar-refractivity contribution in [2.24, 2.45) is 0 Å². The average molecular weight is 203 g/mol. The van der Waals surface area contributed by atoms with Crippen molar-refractivity contribution in [1.82, 2.24) is 5.16 Å². The second-order valence-electron chi connectivity index (χ2n) is 3.47. The van der Waals surface area contributed by atoms with Crippen LogP contribution < -0.4 is 4.74 Å². The third-order valence-corrected chi connectivity index (χ3v) is 2.42. The Labute approximate surface area is 88.7 Å². The maximum Gasteiger partial charge on any atom is 0.174 e. The molecule has 0 fully saturated rings. The van der Waals surface area contributed by atoms with Gasteiger partial charge in [0.25, 0.3) is 0 Å². The van der Waals surface area contributed by atoms with Crippen molar-refractivity contribution < 1.29 is 9.26 Å². The Morgan fingerprint density at radius 1 is 1.27 bits per heavy atom. The molecule has 0 saturated carbocycles. The Balaban J connectivity index is 2.08. The molecule has 0 aliphatic carbocycles. The Bertz CT molecular complexity index is 435. The zero-order valence-corrected chi connectivity index (χ0v) is 8.86. The van der Waals surface area contributed by atoms with E-state index in [-0.39, 0.29) is 0 Å². The second-order valence-corrected chi connectivity index (χ2v) is 3.47. The monoisotopic (exact) mass is 203 g/mol. The van der Waals surface area contributed by atoms with E-state index in [0.29, 0.717) is 6.61 Å². The Hall–Kier alpha value is -1.77. The average Bonchev–Trinajstić information content (AvgIpc) is 2.73. The van der Waals surface area contributed by atoms with Gasteiger partial charge in [0.05, 0.1) is 6.20 Å². The van der Waals surface area contributed by atoms with Crippen molar-refractivity contribution in [3.05, 3.63) is 47.3 Å². The lowest BCUT2D eigenvalue weighted by atomic mass is 10.1. The highest BCUT2D eigenvalue weighted by Gasteiger charge is 2.03. The van der Waals surface area contributed by atoms with Gasteiger partial charge in [0.1, 0.15) is 12.4 Å². The lowest BCUT2D eigenvalue weighted by Gasteiger charge is -2.08. The lowest BCUT2D eigenvalue weighted by molar-refractivity contribution is 0.248. The van der Waals surface area contributed by atoms with E-state index >= 15 is 0 Å². The first kappa shape index (κ1) is 9.77. The van der Waals surface area contributed by atoms with Crippen molar-refractivity contribution in [2.45, 2.75) is 20.5 Å². The smallest absolute Gasteiger partial charge is 0.174 e. The number of nitrogens with zero attached hydrogens (tertiary/aromatic N) is 1. The van der Waals surface area contributed by atoms with Gasteiger partial charge in [-0.05, 0) is 31.0 Å². The van der Waals surface area contributed by atoms with E-state index in [2.05, 4.69) is 18.1 Å². The van der Waals surface area contributed by atoms with E-state index in [1.807, 2.05) is 19.1 Å². The predicted molar refractivity (Wildman–Crippen MR) is 56.8 cm³/mol. The van der Waals surface area contributed by atoms with Crippen LogP contribution in [0, 0.1) is 13.8 Å². The first-order valence-electron chi connectivity index (χ1n) is 4.86. The number of rotatable bonds is 3. The highest BCUT2D eigenvalue weighted by Crippen LogP contribution is 2.21. The van der Waals surface area contributed by atoms with Gasteiger partial charge in [0.2, 0.25) is 0 Å². The summed E-state index contributed by atoms with van der Waals surface area (Å²) in [6.07, 6.45) is 1.61. The molecule has 0 saturated heterocycles. The van der Waals surface area contributed by atoms with Crippen molar-refractivity contribution >= 4 is 0 Å². The van der Waals surface area contributed by atoms with E-state index in [1.54, 1.807) is 12.3 Å². The summed E-state index contributed by atoms with van der Waals surface area (Å²) in [5, 5.41) is 3.62. The molecule has 0 atom stereocenters. The molecule has 0 bridgehead atoms. The molecule has 15 heavy (non-hydrogen) atoms. The molecule has 0 unspecified atom stereocenters. The molecule has 78 valence electrons. The summed E-state index contributed by atoms with van der Waals surface area (Å²) in [5.74, 6) is 1.63. The van der Waals surface area contributed by atoms with Crippen LogP contribution in [-0.2, 0) is 6.61 Å². The number of hydrogen-bond acceptors (Lipinski definition) is 3. The minimum atomic E-state index is 0.421. The topological polar surface area (TPSA) is 35.3 Å². The van der Waals surface area contributed by atoms with Crippen LogP contribution in [0.15, 0.2) is 35.0 Å². The van der Waals surface area contributed by atoms with Crippen molar-refractivity contribution in [3.8, 4) is 5.75 Å². The van der Waals surface area contributed by atoms with Gasteiger partial charge in [0, 0.05) is 6.07 Å². The minimum Gasteiger partial charge on any atom is -0.485 e. The van der Waals surface area contributed by atoms with Crippen molar-refractivity contribution in [1.29, 1.82) is 0 Å². The molecule has 0 N–H and O–H groups in total. The lowest BCUT2D eigenvalue weighted by Crippen LogP contribution is -1.96. The zero-order chi connectivity index (χ0) is 10.7. The number of benzene rings is 1. The molecule has 0 radical (unpaired) electrons. The van der Waals surface area contributed by atoms with Gasteiger partial charge in [-0.15, -0.1) is 0 Å². The minimum absolute atomic E-state index is 0.421. The summed E-state index contributed by atoms with van der Waals surface area (Å²) in [6.45, 7) is 4.53. The maximum atomic E-state index is 5.63. The molecule has 1 aromatic carbocycles. The molecule has 0 aliphatic rings. The van der Waals surface area contributed by atoms with Gasteiger partial charge in [-0.2, -0.15) is 0 Å². The third kappa shape index (κ3) is 2.18. The summed E-state index contributed by atoms with van der Waals surface area (Å²) in [7, 11) is 0. The largest absolute Gasteiger partial charge is 0.485 e. The molecule has 1 aromatic heterocycles. The van der Waals surface area contributed by atoms with E-state index in [4.69, 9.17) is 9.26 Å². The standard InChI is InChI=1S/C12H13NO2/c1-9-4-3-5-12(10(9)2)14-8-11-6-7-13-15-11/h3-7H,8H2,1-2H3. The second kappa shape index (κ2) is 4.17. The summed E-state index contributed by atoms with van der Waals surface area (Å²) in [4.78, 5) is 0. The molecule has 0 aliphatic heterocycles. The summed E-state index contributed by atoms with van der Waals surface area (Å²) in [6, 6.07) is 7.80. The fourth-order valence-electron chi connectivity index (χ4n) is 1.35. The number of ether oxygens (including phenoxy) is 1. The van der Waals surface area contributed by atoms with Crippen molar-refractivity contribution in [2.75, 3.05) is 0 Å².